The van der Waals surface area contributed by atoms with Crippen LogP contribution in [0, 0.1) is 5.82 Å². The molecule has 2 rings (SSSR count). The molecular formula is C11H8ClFO2. The van der Waals surface area contributed by atoms with Crippen LogP contribution < -0.4 is 0 Å². The van der Waals surface area contributed by atoms with Gasteiger partial charge in [-0.25, -0.2) is 9.18 Å². The van der Waals surface area contributed by atoms with Crippen molar-refractivity contribution in [3.8, 4) is 0 Å². The summed E-state index contributed by atoms with van der Waals surface area (Å²) in [5.41, 5.74) is 1.82. The molecule has 0 unspecified atom stereocenters. The van der Waals surface area contributed by atoms with Crippen molar-refractivity contribution >= 4 is 22.6 Å². The largest absolute Gasteiger partial charge is 0.466 e. The Morgan fingerprint density at radius 3 is 2.93 bits per heavy atom. The maximum absolute atomic E-state index is 12.9. The van der Waals surface area contributed by atoms with Crippen LogP contribution in [-0.4, -0.2) is 13.1 Å². The van der Waals surface area contributed by atoms with Gasteiger partial charge in [0.15, 0.2) is 0 Å². The number of hydrogen-bond acceptors (Lipinski definition) is 2. The first-order valence-electron chi connectivity index (χ1n) is 4.39. The molecule has 1 aromatic carbocycles. The predicted octanol–water partition coefficient (Wildman–Crippen LogP) is 2.50. The molecule has 0 N–H and O–H groups in total. The quantitative estimate of drug-likeness (QED) is 0.688. The summed E-state index contributed by atoms with van der Waals surface area (Å²) in [4.78, 5) is 11.3. The van der Waals surface area contributed by atoms with E-state index in [0.29, 0.717) is 22.6 Å². The molecule has 0 radical (unpaired) electrons. The summed E-state index contributed by atoms with van der Waals surface area (Å²) in [7, 11) is 1.29. The smallest absolute Gasteiger partial charge is 0.335 e. The lowest BCUT2D eigenvalue weighted by Crippen LogP contribution is -2.04. The molecule has 15 heavy (non-hydrogen) atoms. The number of rotatable bonds is 1. The van der Waals surface area contributed by atoms with Gasteiger partial charge in [0.2, 0.25) is 0 Å². The van der Waals surface area contributed by atoms with Crippen LogP contribution in [0.1, 0.15) is 11.1 Å². The summed E-state index contributed by atoms with van der Waals surface area (Å²) in [6, 6.07) is 4.28. The van der Waals surface area contributed by atoms with Gasteiger partial charge in [0.05, 0.1) is 17.7 Å². The number of carbonyl (C=O) groups is 1. The van der Waals surface area contributed by atoms with Gasteiger partial charge in [-0.2, -0.15) is 0 Å². The van der Waals surface area contributed by atoms with Crippen LogP contribution in [-0.2, 0) is 16.0 Å². The Hall–Kier alpha value is -1.35. The summed E-state index contributed by atoms with van der Waals surface area (Å²) in [5.74, 6) is -0.791. The fourth-order valence-electron chi connectivity index (χ4n) is 1.64. The lowest BCUT2D eigenvalue weighted by atomic mass is 10.1. The second-order valence-corrected chi connectivity index (χ2v) is 3.64. The third-order valence-corrected chi connectivity index (χ3v) is 2.80. The van der Waals surface area contributed by atoms with Crippen LogP contribution in [0.15, 0.2) is 23.8 Å². The molecule has 0 bridgehead atoms. The minimum atomic E-state index is -0.461. The van der Waals surface area contributed by atoms with Crippen molar-refractivity contribution in [2.24, 2.45) is 0 Å². The highest BCUT2D eigenvalue weighted by Crippen LogP contribution is 2.36. The minimum absolute atomic E-state index is 0.329. The van der Waals surface area contributed by atoms with Gasteiger partial charge in [0.1, 0.15) is 5.82 Å². The number of methoxy groups -OCH3 is 1. The minimum Gasteiger partial charge on any atom is -0.466 e. The lowest BCUT2D eigenvalue weighted by Gasteiger charge is -1.98. The zero-order valence-corrected chi connectivity index (χ0v) is 8.77. The first-order valence-corrected chi connectivity index (χ1v) is 4.77. The van der Waals surface area contributed by atoms with Crippen molar-refractivity contribution in [2.75, 3.05) is 7.11 Å². The molecule has 0 spiro atoms. The van der Waals surface area contributed by atoms with Gasteiger partial charge in [0, 0.05) is 6.42 Å². The molecule has 1 aliphatic rings. The van der Waals surface area contributed by atoms with Crippen molar-refractivity contribution < 1.29 is 13.9 Å². The van der Waals surface area contributed by atoms with E-state index in [-0.39, 0.29) is 5.82 Å². The molecule has 1 aliphatic carbocycles. The summed E-state index contributed by atoms with van der Waals surface area (Å²) in [5, 5.41) is 0.358. The Bertz CT molecular complexity index is 466. The van der Waals surface area contributed by atoms with Crippen molar-refractivity contribution in [1.82, 2.24) is 0 Å². The standard InChI is InChI=1S/C11H8ClFO2/c1-15-11(14)9-5-6-4-7(13)2-3-8(6)10(9)12/h2-4H,5H2,1H3. The summed E-state index contributed by atoms with van der Waals surface area (Å²) >= 11 is 5.99. The Morgan fingerprint density at radius 2 is 2.27 bits per heavy atom. The highest BCUT2D eigenvalue weighted by molar-refractivity contribution is 6.51. The fourth-order valence-corrected chi connectivity index (χ4v) is 1.97. The van der Waals surface area contributed by atoms with Gasteiger partial charge in [-0.3, -0.25) is 0 Å². The molecule has 78 valence electrons. The summed E-state index contributed by atoms with van der Waals surface area (Å²) in [6.45, 7) is 0. The Balaban J connectivity index is 2.45. The van der Waals surface area contributed by atoms with Gasteiger partial charge < -0.3 is 4.74 Å². The van der Waals surface area contributed by atoms with E-state index in [1.807, 2.05) is 0 Å². The van der Waals surface area contributed by atoms with Crippen LogP contribution in [0.3, 0.4) is 0 Å². The molecule has 0 heterocycles. The van der Waals surface area contributed by atoms with E-state index >= 15 is 0 Å². The number of halogens is 2. The van der Waals surface area contributed by atoms with E-state index in [2.05, 4.69) is 4.74 Å². The first kappa shape index (κ1) is 10.2. The van der Waals surface area contributed by atoms with Crippen molar-refractivity contribution in [1.29, 1.82) is 0 Å². The number of ether oxygens (including phenoxy) is 1. The van der Waals surface area contributed by atoms with Gasteiger partial charge in [-0.15, -0.1) is 0 Å². The Morgan fingerprint density at radius 1 is 1.53 bits per heavy atom. The highest BCUT2D eigenvalue weighted by atomic mass is 35.5. The van der Waals surface area contributed by atoms with Gasteiger partial charge in [-0.05, 0) is 23.3 Å². The number of fused-ring (bicyclic) bond motifs is 1. The molecule has 0 saturated heterocycles. The van der Waals surface area contributed by atoms with E-state index in [9.17, 15) is 9.18 Å². The average molecular weight is 227 g/mol. The van der Waals surface area contributed by atoms with Crippen LogP contribution in [0.5, 0.6) is 0 Å². The normalized spacial score (nSPS) is 14.1. The van der Waals surface area contributed by atoms with Crippen molar-refractivity contribution in [3.63, 3.8) is 0 Å². The molecule has 0 fully saturated rings. The molecule has 4 heteroatoms. The number of hydrogen-bond donors (Lipinski definition) is 0. The highest BCUT2D eigenvalue weighted by Gasteiger charge is 2.25. The SMILES string of the molecule is COC(=O)C1=C(Cl)c2ccc(F)cc2C1. The van der Waals surface area contributed by atoms with Gasteiger partial charge in [0.25, 0.3) is 0 Å². The molecule has 1 aromatic rings. The summed E-state index contributed by atoms with van der Waals surface area (Å²) in [6.07, 6.45) is 0.332. The number of benzene rings is 1. The second-order valence-electron chi connectivity index (χ2n) is 3.26. The maximum Gasteiger partial charge on any atom is 0.335 e. The second kappa shape index (κ2) is 3.66. The molecule has 0 aromatic heterocycles. The monoisotopic (exact) mass is 226 g/mol. The molecule has 0 saturated carbocycles. The molecule has 0 aliphatic heterocycles. The van der Waals surface area contributed by atoms with E-state index in [4.69, 9.17) is 11.6 Å². The number of carbonyl (C=O) groups excluding carboxylic acids is 1. The molecule has 0 atom stereocenters. The van der Waals surface area contributed by atoms with E-state index in [1.54, 1.807) is 6.07 Å². The van der Waals surface area contributed by atoms with E-state index in [1.165, 1.54) is 19.2 Å². The number of esters is 1. The zero-order chi connectivity index (χ0) is 11.0. The van der Waals surface area contributed by atoms with Crippen LogP contribution >= 0.6 is 11.6 Å². The Labute approximate surface area is 91.3 Å². The third kappa shape index (κ3) is 1.63. The average Bonchev–Trinajstić information content (AvgIpc) is 2.54. The topological polar surface area (TPSA) is 26.3 Å². The first-order chi connectivity index (χ1) is 7.13. The van der Waals surface area contributed by atoms with E-state index < -0.39 is 5.97 Å². The van der Waals surface area contributed by atoms with Gasteiger partial charge >= 0.3 is 5.97 Å². The Kier molecular flexibility index (Phi) is 2.49. The van der Waals surface area contributed by atoms with Crippen molar-refractivity contribution in [2.45, 2.75) is 6.42 Å². The maximum atomic E-state index is 12.9. The fraction of sp³-hybridized carbons (Fsp3) is 0.182. The molecule has 0 amide bonds. The van der Waals surface area contributed by atoms with E-state index in [0.717, 1.165) is 5.56 Å². The van der Waals surface area contributed by atoms with Crippen LogP contribution in [0.4, 0.5) is 4.39 Å². The third-order valence-electron chi connectivity index (χ3n) is 2.37. The van der Waals surface area contributed by atoms with Crippen LogP contribution in [0.2, 0.25) is 0 Å². The lowest BCUT2D eigenvalue weighted by molar-refractivity contribution is -0.136. The predicted molar refractivity (Wildman–Crippen MR) is 54.9 cm³/mol. The zero-order valence-electron chi connectivity index (χ0n) is 8.01. The molecular weight excluding hydrogens is 219 g/mol. The molecule has 2 nitrogen and oxygen atoms in total. The van der Waals surface area contributed by atoms with Crippen LogP contribution in [0.25, 0.3) is 5.03 Å². The summed E-state index contributed by atoms with van der Waals surface area (Å²) < 4.78 is 17.5. The van der Waals surface area contributed by atoms with Crippen molar-refractivity contribution in [3.05, 3.63) is 40.7 Å². The van der Waals surface area contributed by atoms with Gasteiger partial charge in [-0.1, -0.05) is 17.7 Å².